The molecule has 0 saturated heterocycles. The highest BCUT2D eigenvalue weighted by Gasteiger charge is 2.11. The van der Waals surface area contributed by atoms with Gasteiger partial charge < -0.3 is 5.32 Å². The molecule has 0 unspecified atom stereocenters. The van der Waals surface area contributed by atoms with Crippen LogP contribution in [0.15, 0.2) is 0 Å². The van der Waals surface area contributed by atoms with Crippen molar-refractivity contribution in [2.45, 2.75) is 54.4 Å². The molecule has 0 aliphatic carbocycles. The molecule has 2 nitrogen and oxygen atoms in total. The number of nitrogens with one attached hydrogen (secondary N) is 1. The van der Waals surface area contributed by atoms with E-state index >= 15 is 0 Å². The van der Waals surface area contributed by atoms with E-state index < -0.39 is 0 Å². The molecule has 1 N–H and O–H groups in total. The van der Waals surface area contributed by atoms with Crippen LogP contribution in [0.1, 0.15) is 54.4 Å². The van der Waals surface area contributed by atoms with Crippen LogP contribution in [0.3, 0.4) is 0 Å². The summed E-state index contributed by atoms with van der Waals surface area (Å²) in [5.41, 5.74) is 0.269. The molecule has 0 saturated carbocycles. The summed E-state index contributed by atoms with van der Waals surface area (Å²) in [4.78, 5) is 11.0. The van der Waals surface area contributed by atoms with Crippen LogP contribution in [0.2, 0.25) is 0 Å². The maximum Gasteiger partial charge on any atom is 0.220 e. The minimum atomic E-state index is 0.169. The topological polar surface area (TPSA) is 29.1 Å². The summed E-state index contributed by atoms with van der Waals surface area (Å²) in [6, 6.07) is 0. The second-order valence-electron chi connectivity index (χ2n) is 4.01. The first-order valence-corrected chi connectivity index (χ1v) is 5.22. The largest absolute Gasteiger partial charge is 0.356 e. The van der Waals surface area contributed by atoms with Crippen LogP contribution in [0.5, 0.6) is 0 Å². The van der Waals surface area contributed by atoms with Crippen molar-refractivity contribution < 1.29 is 4.79 Å². The van der Waals surface area contributed by atoms with Gasteiger partial charge in [0.25, 0.3) is 0 Å². The van der Waals surface area contributed by atoms with Crippen LogP contribution < -0.4 is 5.32 Å². The molecule has 0 aromatic carbocycles. The molecule has 0 rings (SSSR count). The Morgan fingerprint density at radius 1 is 1.23 bits per heavy atom. The summed E-state index contributed by atoms with van der Waals surface area (Å²) < 4.78 is 0. The van der Waals surface area contributed by atoms with Gasteiger partial charge in [0.05, 0.1) is 0 Å². The molecule has 0 aliphatic heterocycles. The van der Waals surface area contributed by atoms with E-state index in [9.17, 15) is 4.79 Å². The van der Waals surface area contributed by atoms with E-state index in [0.29, 0.717) is 6.42 Å². The smallest absolute Gasteiger partial charge is 0.220 e. The summed E-state index contributed by atoms with van der Waals surface area (Å²) in [5, 5.41) is 2.78. The maximum absolute atomic E-state index is 11.0. The van der Waals surface area contributed by atoms with E-state index in [0.717, 1.165) is 13.0 Å². The molecule has 0 aromatic rings. The molecule has 0 heterocycles. The summed E-state index contributed by atoms with van der Waals surface area (Å²) in [6.45, 7) is 13.1. The highest BCUT2D eigenvalue weighted by atomic mass is 16.1. The predicted octanol–water partition coefficient (Wildman–Crippen LogP) is 2.98. The van der Waals surface area contributed by atoms with Gasteiger partial charge in [-0.05, 0) is 18.8 Å². The van der Waals surface area contributed by atoms with Gasteiger partial charge in [0, 0.05) is 13.0 Å². The predicted molar refractivity (Wildman–Crippen MR) is 58.7 cm³/mol. The van der Waals surface area contributed by atoms with E-state index in [4.69, 9.17) is 0 Å². The first-order chi connectivity index (χ1) is 5.95. The average molecular weight is 187 g/mol. The first-order valence-electron chi connectivity index (χ1n) is 5.22. The standard InChI is InChI=1S/C9H19NO.C2H6/c1-5-10-8(11)6-7-9(2,3)4;1-2/h5-7H2,1-4H3,(H,10,11);1-2H3. The van der Waals surface area contributed by atoms with E-state index in [2.05, 4.69) is 26.1 Å². The third-order valence-corrected chi connectivity index (χ3v) is 1.48. The number of rotatable bonds is 3. The molecule has 0 radical (unpaired) electrons. The Bertz CT molecular complexity index is 125. The normalized spacial score (nSPS) is 10.0. The third-order valence-electron chi connectivity index (χ3n) is 1.48. The first kappa shape index (κ1) is 15.0. The molecule has 13 heavy (non-hydrogen) atoms. The summed E-state index contributed by atoms with van der Waals surface area (Å²) in [7, 11) is 0. The Kier molecular flexibility index (Phi) is 9.31. The van der Waals surface area contributed by atoms with Crippen molar-refractivity contribution in [1.82, 2.24) is 5.32 Å². The van der Waals surface area contributed by atoms with Gasteiger partial charge in [-0.3, -0.25) is 4.79 Å². The van der Waals surface area contributed by atoms with Crippen LogP contribution >= 0.6 is 0 Å². The number of hydrogen-bond donors (Lipinski definition) is 1. The second kappa shape index (κ2) is 8.09. The zero-order valence-corrected chi connectivity index (χ0v) is 10.0. The average Bonchev–Trinajstić information content (AvgIpc) is 2.04. The lowest BCUT2D eigenvalue weighted by molar-refractivity contribution is -0.121. The Labute approximate surface area is 83.1 Å². The molecule has 0 aliphatic rings. The molecule has 0 fully saturated rings. The van der Waals surface area contributed by atoms with Crippen LogP contribution in [-0.4, -0.2) is 12.5 Å². The Morgan fingerprint density at radius 2 is 1.69 bits per heavy atom. The minimum Gasteiger partial charge on any atom is -0.356 e. The molecule has 1 amide bonds. The molecular weight excluding hydrogens is 162 g/mol. The molecule has 0 aromatic heterocycles. The molecule has 80 valence electrons. The molecule has 0 bridgehead atoms. The van der Waals surface area contributed by atoms with Gasteiger partial charge in [0.2, 0.25) is 5.91 Å². The van der Waals surface area contributed by atoms with Crippen molar-refractivity contribution in [3.05, 3.63) is 0 Å². The van der Waals surface area contributed by atoms with Crippen molar-refractivity contribution in [1.29, 1.82) is 0 Å². The molecule has 2 heteroatoms. The quantitative estimate of drug-likeness (QED) is 0.723. The number of carbonyl (C=O) groups excluding carboxylic acids is 1. The SMILES string of the molecule is CC.CCNC(=O)CCC(C)(C)C. The van der Waals surface area contributed by atoms with Crippen molar-refractivity contribution in [3.63, 3.8) is 0 Å². The van der Waals surface area contributed by atoms with Gasteiger partial charge in [0.1, 0.15) is 0 Å². The Morgan fingerprint density at radius 3 is 2.00 bits per heavy atom. The summed E-state index contributed by atoms with van der Waals surface area (Å²) in [5.74, 6) is 0.169. The minimum absolute atomic E-state index is 0.169. The fourth-order valence-corrected chi connectivity index (χ4v) is 0.774. The fourth-order valence-electron chi connectivity index (χ4n) is 0.774. The lowest BCUT2D eigenvalue weighted by atomic mass is 9.90. The Hall–Kier alpha value is -0.530. The fraction of sp³-hybridized carbons (Fsp3) is 0.909. The van der Waals surface area contributed by atoms with Gasteiger partial charge in [-0.2, -0.15) is 0 Å². The highest BCUT2D eigenvalue weighted by Crippen LogP contribution is 2.19. The van der Waals surface area contributed by atoms with E-state index in [1.807, 2.05) is 20.8 Å². The Balaban J connectivity index is 0. The lowest BCUT2D eigenvalue weighted by Crippen LogP contribution is -2.23. The van der Waals surface area contributed by atoms with Gasteiger partial charge in [-0.25, -0.2) is 0 Å². The maximum atomic E-state index is 11.0. The zero-order valence-electron chi connectivity index (χ0n) is 10.0. The van der Waals surface area contributed by atoms with Crippen molar-refractivity contribution >= 4 is 5.91 Å². The number of carbonyl (C=O) groups is 1. The van der Waals surface area contributed by atoms with Gasteiger partial charge >= 0.3 is 0 Å². The number of hydrogen-bond acceptors (Lipinski definition) is 1. The van der Waals surface area contributed by atoms with Crippen molar-refractivity contribution in [2.75, 3.05) is 6.54 Å². The van der Waals surface area contributed by atoms with Gasteiger partial charge in [0.15, 0.2) is 0 Å². The third kappa shape index (κ3) is 14.3. The van der Waals surface area contributed by atoms with Crippen LogP contribution in [-0.2, 0) is 4.79 Å². The van der Waals surface area contributed by atoms with E-state index in [1.165, 1.54) is 0 Å². The van der Waals surface area contributed by atoms with Gasteiger partial charge in [-0.1, -0.05) is 34.6 Å². The highest BCUT2D eigenvalue weighted by molar-refractivity contribution is 5.75. The van der Waals surface area contributed by atoms with Crippen molar-refractivity contribution in [2.24, 2.45) is 5.41 Å². The lowest BCUT2D eigenvalue weighted by Gasteiger charge is -2.16. The molecule has 0 spiro atoms. The second-order valence-corrected chi connectivity index (χ2v) is 4.01. The number of amides is 1. The van der Waals surface area contributed by atoms with Gasteiger partial charge in [-0.15, -0.1) is 0 Å². The van der Waals surface area contributed by atoms with Crippen LogP contribution in [0.25, 0.3) is 0 Å². The van der Waals surface area contributed by atoms with Crippen LogP contribution in [0.4, 0.5) is 0 Å². The zero-order chi connectivity index (χ0) is 10.9. The molecule has 0 atom stereocenters. The van der Waals surface area contributed by atoms with E-state index in [-0.39, 0.29) is 11.3 Å². The summed E-state index contributed by atoms with van der Waals surface area (Å²) in [6.07, 6.45) is 1.61. The van der Waals surface area contributed by atoms with Crippen molar-refractivity contribution in [3.8, 4) is 0 Å². The summed E-state index contributed by atoms with van der Waals surface area (Å²) >= 11 is 0. The molecular formula is C11H25NO. The van der Waals surface area contributed by atoms with E-state index in [1.54, 1.807) is 0 Å². The monoisotopic (exact) mass is 187 g/mol. The van der Waals surface area contributed by atoms with Crippen LogP contribution in [0, 0.1) is 5.41 Å².